The first-order valence-electron chi connectivity index (χ1n) is 9.81. The van der Waals surface area contributed by atoms with Crippen LogP contribution in [-0.2, 0) is 0 Å². The van der Waals surface area contributed by atoms with Crippen LogP contribution in [0.4, 0.5) is 0 Å². The third kappa shape index (κ3) is 4.49. The molecule has 0 atom stereocenters. The van der Waals surface area contributed by atoms with Crippen molar-refractivity contribution in [2.24, 2.45) is 0 Å². The van der Waals surface area contributed by atoms with Crippen molar-refractivity contribution in [3.05, 3.63) is 121 Å². The first-order valence-corrected chi connectivity index (χ1v) is 13.7. The van der Waals surface area contributed by atoms with Crippen LogP contribution in [0.25, 0.3) is 0 Å². The number of hydrogen-bond donors (Lipinski definition) is 0. The van der Waals surface area contributed by atoms with Crippen LogP contribution in [0.3, 0.4) is 0 Å². The van der Waals surface area contributed by atoms with Gasteiger partial charge in [0, 0.05) is 0 Å². The minimum atomic E-state index is -2.18. The van der Waals surface area contributed by atoms with E-state index < -0.39 is 15.2 Å². The second-order valence-electron chi connectivity index (χ2n) is 7.10. The summed E-state index contributed by atoms with van der Waals surface area (Å²) in [6, 6.07) is 43.0. The van der Waals surface area contributed by atoms with E-state index in [0.29, 0.717) is 0 Å². The van der Waals surface area contributed by atoms with E-state index in [4.69, 9.17) is 0 Å². The van der Waals surface area contributed by atoms with E-state index in [1.807, 2.05) is 0 Å². The maximum atomic E-state index is 3.84. The average Bonchev–Trinajstić information content (AvgIpc) is 2.81. The van der Waals surface area contributed by atoms with Crippen molar-refractivity contribution in [3.63, 3.8) is 0 Å². The zero-order valence-corrected chi connectivity index (χ0v) is 18.4. The summed E-state index contributed by atoms with van der Waals surface area (Å²) in [5.74, 6) is 0. The summed E-state index contributed by atoms with van der Waals surface area (Å²) in [5, 5.41) is 5.32. The molecule has 2 heteroatoms. The number of benzene rings is 4. The predicted octanol–water partition coefficient (Wildman–Crippen LogP) is 5.07. The van der Waals surface area contributed by atoms with Gasteiger partial charge in [-0.15, -0.1) is 0 Å². The maximum absolute atomic E-state index is 3.84. The van der Waals surface area contributed by atoms with Gasteiger partial charge in [-0.25, -0.2) is 0 Å². The second-order valence-corrected chi connectivity index (χ2v) is 12.7. The molecule has 0 aliphatic rings. The third-order valence-electron chi connectivity index (χ3n) is 5.15. The van der Waals surface area contributed by atoms with Crippen LogP contribution in [0.15, 0.2) is 121 Å². The molecule has 0 saturated heterocycles. The fourth-order valence-electron chi connectivity index (χ4n) is 3.45. The normalized spacial score (nSPS) is 11.5. The average molecular weight is 410 g/mol. The van der Waals surface area contributed by atoms with Crippen molar-refractivity contribution in [1.82, 2.24) is 0 Å². The van der Waals surface area contributed by atoms with Crippen LogP contribution in [0.1, 0.15) is 0 Å². The Morgan fingerprint density at radius 2 is 0.862 bits per heavy atom. The summed E-state index contributed by atoms with van der Waals surface area (Å²) in [7, 11) is -2.90. The van der Waals surface area contributed by atoms with Crippen molar-refractivity contribution < 1.29 is 0 Å². The Kier molecular flexibility index (Phi) is 6.22. The van der Waals surface area contributed by atoms with Gasteiger partial charge in [0.25, 0.3) is 0 Å². The van der Waals surface area contributed by atoms with E-state index in [0.717, 1.165) is 0 Å². The number of rotatable bonds is 4. The Balaban J connectivity index is 1.85. The molecule has 0 unspecified atom stereocenters. The van der Waals surface area contributed by atoms with Gasteiger partial charge in [0.15, 0.2) is 0 Å². The second kappa shape index (κ2) is 9.20. The van der Waals surface area contributed by atoms with Crippen LogP contribution >= 0.6 is 15.2 Å². The molecule has 4 rings (SSSR count). The van der Waals surface area contributed by atoms with E-state index in [2.05, 4.69) is 139 Å². The zero-order valence-electron chi connectivity index (χ0n) is 16.5. The van der Waals surface area contributed by atoms with Crippen molar-refractivity contribution in [3.8, 4) is 11.3 Å². The zero-order chi connectivity index (χ0) is 19.9. The van der Waals surface area contributed by atoms with E-state index in [1.165, 1.54) is 21.2 Å². The molecular weight excluding hydrogens is 386 g/mol. The van der Waals surface area contributed by atoms with Gasteiger partial charge in [-0.2, -0.15) is 0 Å². The van der Waals surface area contributed by atoms with Crippen LogP contribution < -0.4 is 21.2 Å². The van der Waals surface area contributed by atoms with Crippen LogP contribution in [0.2, 0.25) is 0 Å². The van der Waals surface area contributed by atoms with Gasteiger partial charge >= 0.3 is 176 Å². The van der Waals surface area contributed by atoms with Crippen molar-refractivity contribution in [1.29, 1.82) is 0 Å². The first-order chi connectivity index (χ1) is 14.3. The molecule has 0 amide bonds. The van der Waals surface area contributed by atoms with Gasteiger partial charge in [-0.3, -0.25) is 0 Å². The molecule has 0 aromatic heterocycles. The number of hydrogen-bond acceptors (Lipinski definition) is 0. The van der Waals surface area contributed by atoms with Gasteiger partial charge in [-0.1, -0.05) is 0 Å². The van der Waals surface area contributed by atoms with E-state index in [1.54, 1.807) is 0 Å². The standard InChI is InChI=1S/C27H24P2/c1-29(26-18-10-4-11-19-26,27-20-12-5-13-21-27)23-22-28(24-14-6-2-7-15-24)25-16-8-3-9-17-25/h2-21,29H,1H3. The third-order valence-corrected chi connectivity index (χ3v) is 10.9. The predicted molar refractivity (Wildman–Crippen MR) is 133 cm³/mol. The Bertz CT molecular complexity index is 1020. The Labute approximate surface area is 175 Å². The van der Waals surface area contributed by atoms with E-state index >= 15 is 0 Å². The summed E-state index contributed by atoms with van der Waals surface area (Å²) >= 11 is 0. The van der Waals surface area contributed by atoms with E-state index in [-0.39, 0.29) is 0 Å². The van der Waals surface area contributed by atoms with Gasteiger partial charge < -0.3 is 0 Å². The van der Waals surface area contributed by atoms with Crippen molar-refractivity contribution >= 4 is 36.4 Å². The van der Waals surface area contributed by atoms with Crippen LogP contribution in [0.5, 0.6) is 0 Å². The summed E-state index contributed by atoms with van der Waals surface area (Å²) in [4.78, 5) is 0. The molecule has 4 aromatic carbocycles. The molecule has 0 spiro atoms. The van der Waals surface area contributed by atoms with Gasteiger partial charge in [0.05, 0.1) is 0 Å². The summed E-state index contributed by atoms with van der Waals surface area (Å²) < 4.78 is 0. The quantitative estimate of drug-likeness (QED) is 0.326. The molecular formula is C27H24P2. The van der Waals surface area contributed by atoms with Gasteiger partial charge in [0.2, 0.25) is 0 Å². The summed E-state index contributed by atoms with van der Waals surface area (Å²) in [5.41, 5.74) is 7.61. The summed E-state index contributed by atoms with van der Waals surface area (Å²) in [6.07, 6.45) is 0. The molecule has 0 heterocycles. The molecule has 29 heavy (non-hydrogen) atoms. The van der Waals surface area contributed by atoms with Crippen LogP contribution in [-0.4, -0.2) is 6.66 Å². The van der Waals surface area contributed by atoms with Gasteiger partial charge in [-0.05, 0) is 0 Å². The SMILES string of the molecule is C[PH](C#CP(c1ccccc1)c1ccccc1)(c1ccccc1)c1ccccc1. The van der Waals surface area contributed by atoms with Crippen molar-refractivity contribution in [2.75, 3.05) is 6.66 Å². The Morgan fingerprint density at radius 3 is 1.24 bits per heavy atom. The van der Waals surface area contributed by atoms with Gasteiger partial charge in [0.1, 0.15) is 0 Å². The Hall–Kier alpha value is -2.70. The molecule has 142 valence electrons. The van der Waals surface area contributed by atoms with Crippen LogP contribution in [0, 0.1) is 11.3 Å². The molecule has 0 aliphatic heterocycles. The fourth-order valence-corrected chi connectivity index (χ4v) is 8.63. The molecule has 4 aromatic rings. The molecule has 0 N–H and O–H groups in total. The Morgan fingerprint density at radius 1 is 0.517 bits per heavy atom. The topological polar surface area (TPSA) is 0 Å². The molecule has 0 aliphatic carbocycles. The molecule has 0 radical (unpaired) electrons. The molecule has 0 bridgehead atoms. The van der Waals surface area contributed by atoms with Crippen molar-refractivity contribution in [2.45, 2.75) is 0 Å². The molecule has 0 saturated carbocycles. The van der Waals surface area contributed by atoms with E-state index in [9.17, 15) is 0 Å². The fraction of sp³-hybridized carbons (Fsp3) is 0.0370. The molecule has 0 fully saturated rings. The minimum absolute atomic E-state index is 0.722. The first kappa shape index (κ1) is 19.6. The molecule has 0 nitrogen and oxygen atoms in total. The monoisotopic (exact) mass is 410 g/mol. The summed E-state index contributed by atoms with van der Waals surface area (Å²) in [6.45, 7) is 2.37.